The Balaban J connectivity index is 2.45. The highest BCUT2D eigenvalue weighted by atomic mass is 15.2. The van der Waals surface area contributed by atoms with E-state index in [1.807, 2.05) is 0 Å². The Morgan fingerprint density at radius 1 is 1.70 bits per heavy atom. The van der Waals surface area contributed by atoms with Crippen LogP contribution in [0, 0.1) is 0 Å². The summed E-state index contributed by atoms with van der Waals surface area (Å²) in [4.78, 5) is 0. The van der Waals surface area contributed by atoms with Gasteiger partial charge in [0.2, 0.25) is 0 Å². The van der Waals surface area contributed by atoms with Crippen LogP contribution in [0.3, 0.4) is 0 Å². The minimum Gasteiger partial charge on any atom is -0.281 e. The smallest absolute Gasteiger partial charge is 0.258 e. The summed E-state index contributed by atoms with van der Waals surface area (Å²) in [5.41, 5.74) is 0. The number of fused-ring (bicyclic) bond motifs is 1. The SMILES string of the molecule is C[n+]1ccn2c1CCNC2. The molecule has 0 radical (unpaired) electrons. The average molecular weight is 138 g/mol. The molecule has 3 heteroatoms. The van der Waals surface area contributed by atoms with E-state index in [2.05, 4.69) is 33.9 Å². The van der Waals surface area contributed by atoms with Crippen molar-refractivity contribution in [3.05, 3.63) is 18.2 Å². The highest BCUT2D eigenvalue weighted by Crippen LogP contribution is 1.98. The van der Waals surface area contributed by atoms with Crippen molar-refractivity contribution in [3.63, 3.8) is 0 Å². The normalized spacial score (nSPS) is 16.9. The molecule has 0 atom stereocenters. The topological polar surface area (TPSA) is 20.8 Å². The van der Waals surface area contributed by atoms with Crippen LogP contribution in [0.2, 0.25) is 0 Å². The molecule has 1 aromatic rings. The van der Waals surface area contributed by atoms with E-state index in [9.17, 15) is 0 Å². The fourth-order valence-corrected chi connectivity index (χ4v) is 1.42. The molecule has 0 aliphatic carbocycles. The van der Waals surface area contributed by atoms with Crippen LogP contribution in [0.25, 0.3) is 0 Å². The summed E-state index contributed by atoms with van der Waals surface area (Å²) in [6, 6.07) is 0. The maximum Gasteiger partial charge on any atom is 0.258 e. The number of hydrogen-bond donors (Lipinski definition) is 1. The molecular formula is C7H12N3+. The van der Waals surface area contributed by atoms with Gasteiger partial charge in [-0.15, -0.1) is 0 Å². The number of rotatable bonds is 0. The van der Waals surface area contributed by atoms with Crippen LogP contribution in [0.1, 0.15) is 5.82 Å². The lowest BCUT2D eigenvalue weighted by atomic mass is 10.3. The van der Waals surface area contributed by atoms with E-state index in [1.165, 1.54) is 5.82 Å². The van der Waals surface area contributed by atoms with Gasteiger partial charge < -0.3 is 0 Å². The fourth-order valence-electron chi connectivity index (χ4n) is 1.42. The van der Waals surface area contributed by atoms with Gasteiger partial charge in [-0.1, -0.05) is 0 Å². The van der Waals surface area contributed by atoms with Crippen molar-refractivity contribution in [2.75, 3.05) is 6.54 Å². The maximum atomic E-state index is 3.30. The summed E-state index contributed by atoms with van der Waals surface area (Å²) < 4.78 is 4.42. The predicted octanol–water partition coefficient (Wildman–Crippen LogP) is -0.584. The van der Waals surface area contributed by atoms with Crippen LogP contribution in [-0.4, -0.2) is 11.1 Å². The lowest BCUT2D eigenvalue weighted by Gasteiger charge is -2.09. The molecule has 54 valence electrons. The Morgan fingerprint density at radius 3 is 3.40 bits per heavy atom. The third kappa shape index (κ3) is 0.743. The van der Waals surface area contributed by atoms with Crippen LogP contribution < -0.4 is 9.88 Å². The molecule has 2 rings (SSSR count). The molecule has 1 aromatic heterocycles. The quantitative estimate of drug-likeness (QED) is 0.475. The summed E-state index contributed by atoms with van der Waals surface area (Å²) in [6.07, 6.45) is 5.35. The van der Waals surface area contributed by atoms with Crippen molar-refractivity contribution >= 4 is 0 Å². The number of aryl methyl sites for hydroxylation is 1. The molecule has 0 unspecified atom stereocenters. The first-order valence-electron chi connectivity index (χ1n) is 3.62. The zero-order valence-electron chi connectivity index (χ0n) is 6.17. The van der Waals surface area contributed by atoms with Crippen molar-refractivity contribution in [1.82, 2.24) is 9.88 Å². The van der Waals surface area contributed by atoms with Crippen molar-refractivity contribution < 1.29 is 4.57 Å². The molecule has 10 heavy (non-hydrogen) atoms. The number of hydrogen-bond acceptors (Lipinski definition) is 1. The molecule has 0 fully saturated rings. The third-order valence-electron chi connectivity index (χ3n) is 2.02. The molecular weight excluding hydrogens is 126 g/mol. The van der Waals surface area contributed by atoms with E-state index in [0.717, 1.165) is 19.6 Å². The largest absolute Gasteiger partial charge is 0.281 e. The van der Waals surface area contributed by atoms with Gasteiger partial charge in [-0.05, 0) is 0 Å². The van der Waals surface area contributed by atoms with Gasteiger partial charge in [0, 0.05) is 6.54 Å². The molecule has 3 nitrogen and oxygen atoms in total. The van der Waals surface area contributed by atoms with E-state index in [-0.39, 0.29) is 0 Å². The molecule has 2 heterocycles. The van der Waals surface area contributed by atoms with Crippen molar-refractivity contribution in [2.45, 2.75) is 13.1 Å². The van der Waals surface area contributed by atoms with Crippen LogP contribution in [-0.2, 0) is 20.1 Å². The minimum absolute atomic E-state index is 0.968. The molecule has 0 saturated carbocycles. The van der Waals surface area contributed by atoms with Crippen molar-refractivity contribution in [2.24, 2.45) is 7.05 Å². The van der Waals surface area contributed by atoms with Crippen molar-refractivity contribution in [1.29, 1.82) is 0 Å². The van der Waals surface area contributed by atoms with E-state index in [1.54, 1.807) is 0 Å². The first-order chi connectivity index (χ1) is 4.88. The first kappa shape index (κ1) is 5.92. The fraction of sp³-hybridized carbons (Fsp3) is 0.571. The van der Waals surface area contributed by atoms with E-state index in [0.29, 0.717) is 0 Å². The van der Waals surface area contributed by atoms with Gasteiger partial charge in [0.25, 0.3) is 5.82 Å². The summed E-state index contributed by atoms with van der Waals surface area (Å²) >= 11 is 0. The monoisotopic (exact) mass is 138 g/mol. The third-order valence-corrected chi connectivity index (χ3v) is 2.02. The summed E-state index contributed by atoms with van der Waals surface area (Å²) in [7, 11) is 2.09. The number of aromatic nitrogens is 2. The highest BCUT2D eigenvalue weighted by Gasteiger charge is 2.16. The zero-order chi connectivity index (χ0) is 6.97. The zero-order valence-corrected chi connectivity index (χ0v) is 6.17. The van der Waals surface area contributed by atoms with E-state index >= 15 is 0 Å². The van der Waals surface area contributed by atoms with Crippen molar-refractivity contribution in [3.8, 4) is 0 Å². The van der Waals surface area contributed by atoms with Crippen LogP contribution in [0.15, 0.2) is 12.4 Å². The number of imidazole rings is 1. The predicted molar refractivity (Wildman–Crippen MR) is 37.3 cm³/mol. The molecule has 0 spiro atoms. The Bertz CT molecular complexity index is 239. The van der Waals surface area contributed by atoms with Gasteiger partial charge in [-0.25, -0.2) is 9.13 Å². The number of nitrogens with zero attached hydrogens (tertiary/aromatic N) is 2. The first-order valence-corrected chi connectivity index (χ1v) is 3.62. The molecule has 1 aliphatic rings. The second kappa shape index (κ2) is 2.09. The minimum atomic E-state index is 0.968. The molecule has 1 aliphatic heterocycles. The molecule has 0 saturated heterocycles. The van der Waals surface area contributed by atoms with Gasteiger partial charge in [0.15, 0.2) is 0 Å². The maximum absolute atomic E-state index is 3.30. The molecule has 1 N–H and O–H groups in total. The average Bonchev–Trinajstić information content (AvgIpc) is 2.34. The molecule has 0 bridgehead atoms. The van der Waals surface area contributed by atoms with Gasteiger partial charge in [0.05, 0.1) is 13.5 Å². The van der Waals surface area contributed by atoms with Crippen LogP contribution in [0.4, 0.5) is 0 Å². The van der Waals surface area contributed by atoms with Gasteiger partial charge in [0.1, 0.15) is 19.1 Å². The Kier molecular flexibility index (Phi) is 1.24. The Hall–Kier alpha value is -0.830. The lowest BCUT2D eigenvalue weighted by Crippen LogP contribution is -2.39. The summed E-state index contributed by atoms with van der Waals surface area (Å²) in [5, 5.41) is 3.30. The Labute approximate surface area is 60.3 Å². The molecule has 0 aromatic carbocycles. The van der Waals surface area contributed by atoms with Crippen LogP contribution in [0.5, 0.6) is 0 Å². The second-order valence-corrected chi connectivity index (χ2v) is 2.70. The second-order valence-electron chi connectivity index (χ2n) is 2.70. The summed E-state index contributed by atoms with van der Waals surface area (Å²) in [5.74, 6) is 1.42. The molecule has 0 amide bonds. The highest BCUT2D eigenvalue weighted by molar-refractivity contribution is 4.87. The van der Waals surface area contributed by atoms with Crippen LogP contribution >= 0.6 is 0 Å². The van der Waals surface area contributed by atoms with E-state index < -0.39 is 0 Å². The lowest BCUT2D eigenvalue weighted by molar-refractivity contribution is -0.679. The summed E-state index contributed by atoms with van der Waals surface area (Å²) in [6.45, 7) is 2.08. The van der Waals surface area contributed by atoms with Gasteiger partial charge in [-0.3, -0.25) is 5.32 Å². The Morgan fingerprint density at radius 2 is 2.60 bits per heavy atom. The number of nitrogens with one attached hydrogen (secondary N) is 1. The van der Waals surface area contributed by atoms with Gasteiger partial charge in [-0.2, -0.15) is 0 Å². The van der Waals surface area contributed by atoms with Gasteiger partial charge >= 0.3 is 0 Å². The standard InChI is InChI=1S/C7H12N3/c1-9-4-5-10-6-8-3-2-7(9)10/h4-5,8H,2-3,6H2,1H3/q+1. The van der Waals surface area contributed by atoms with E-state index in [4.69, 9.17) is 0 Å².